The molecular weight excluding hydrogens is 224 g/mol. The van der Waals surface area contributed by atoms with E-state index in [1.807, 2.05) is 19.1 Å². The standard InChI is InChI=1S/C16H22S/c1-5-7-14(6-2)16-11-15(16)10-12(3)8-9-13(4)17/h6-9,11,16-17H,2,5,10H2,1,3-4H3/b12-8-,13-9+,14-7+. The summed E-state index contributed by atoms with van der Waals surface area (Å²) >= 11 is 4.25. The van der Waals surface area contributed by atoms with Crippen molar-refractivity contribution in [2.75, 3.05) is 0 Å². The van der Waals surface area contributed by atoms with Crippen LogP contribution in [0, 0.1) is 5.92 Å². The first-order chi connectivity index (χ1) is 8.08. The average Bonchev–Trinajstić information content (AvgIpc) is 3.02. The van der Waals surface area contributed by atoms with Crippen LogP contribution in [-0.2, 0) is 0 Å². The van der Waals surface area contributed by atoms with Gasteiger partial charge in [0.1, 0.15) is 0 Å². The quantitative estimate of drug-likeness (QED) is 0.370. The third-order valence-corrected chi connectivity index (χ3v) is 2.95. The van der Waals surface area contributed by atoms with E-state index in [0.717, 1.165) is 17.7 Å². The molecule has 1 unspecified atom stereocenters. The molecule has 92 valence electrons. The normalized spacial score (nSPS) is 21.3. The van der Waals surface area contributed by atoms with Crippen molar-refractivity contribution in [3.63, 3.8) is 0 Å². The predicted molar refractivity (Wildman–Crippen MR) is 81.3 cm³/mol. The number of allylic oxidation sites excluding steroid dienone is 9. The molecule has 0 saturated heterocycles. The Hall–Kier alpha value is -0.950. The third kappa shape index (κ3) is 4.82. The number of rotatable bonds is 6. The van der Waals surface area contributed by atoms with Gasteiger partial charge in [-0.05, 0) is 37.2 Å². The van der Waals surface area contributed by atoms with E-state index in [4.69, 9.17) is 0 Å². The summed E-state index contributed by atoms with van der Waals surface area (Å²) in [5, 5.41) is 0. The molecule has 0 aromatic heterocycles. The second-order valence-electron chi connectivity index (χ2n) is 4.53. The Balaban J connectivity index is 2.50. The number of hydrogen-bond acceptors (Lipinski definition) is 1. The summed E-state index contributed by atoms with van der Waals surface area (Å²) in [4.78, 5) is 1.04. The molecular formula is C16H22S. The molecule has 1 heteroatoms. The van der Waals surface area contributed by atoms with Crippen LogP contribution in [0.3, 0.4) is 0 Å². The van der Waals surface area contributed by atoms with Crippen molar-refractivity contribution in [1.82, 2.24) is 0 Å². The smallest absolute Gasteiger partial charge is 0.0231 e. The molecule has 1 aliphatic rings. The van der Waals surface area contributed by atoms with Crippen molar-refractivity contribution in [1.29, 1.82) is 0 Å². The summed E-state index contributed by atoms with van der Waals surface area (Å²) < 4.78 is 0. The number of hydrogen-bond donors (Lipinski definition) is 1. The van der Waals surface area contributed by atoms with Gasteiger partial charge < -0.3 is 0 Å². The van der Waals surface area contributed by atoms with Gasteiger partial charge in [0.05, 0.1) is 0 Å². The van der Waals surface area contributed by atoms with Crippen LogP contribution in [0.15, 0.2) is 58.6 Å². The van der Waals surface area contributed by atoms with E-state index in [9.17, 15) is 0 Å². The molecule has 0 nitrogen and oxygen atoms in total. The Morgan fingerprint density at radius 3 is 2.65 bits per heavy atom. The average molecular weight is 246 g/mol. The van der Waals surface area contributed by atoms with Crippen molar-refractivity contribution in [3.05, 3.63) is 58.6 Å². The Kier molecular flexibility index (Phi) is 5.57. The maximum Gasteiger partial charge on any atom is 0.0231 e. The third-order valence-electron chi connectivity index (χ3n) is 2.80. The summed E-state index contributed by atoms with van der Waals surface area (Å²) in [6, 6.07) is 0. The summed E-state index contributed by atoms with van der Waals surface area (Å²) in [6.07, 6.45) is 12.9. The van der Waals surface area contributed by atoms with Gasteiger partial charge in [-0.2, -0.15) is 0 Å². The fourth-order valence-corrected chi connectivity index (χ4v) is 1.94. The first kappa shape index (κ1) is 14.1. The molecule has 0 radical (unpaired) electrons. The molecule has 0 spiro atoms. The van der Waals surface area contributed by atoms with Crippen LogP contribution in [0.25, 0.3) is 0 Å². The molecule has 0 aromatic rings. The molecule has 0 heterocycles. The molecule has 0 bridgehead atoms. The fourth-order valence-electron chi connectivity index (χ4n) is 1.86. The van der Waals surface area contributed by atoms with E-state index in [1.54, 1.807) is 0 Å². The van der Waals surface area contributed by atoms with Crippen LogP contribution in [0.1, 0.15) is 33.6 Å². The molecule has 0 N–H and O–H groups in total. The van der Waals surface area contributed by atoms with Crippen LogP contribution < -0.4 is 0 Å². The predicted octanol–water partition coefficient (Wildman–Crippen LogP) is 5.24. The maximum atomic E-state index is 4.25. The van der Waals surface area contributed by atoms with Gasteiger partial charge in [-0.3, -0.25) is 0 Å². The minimum Gasteiger partial charge on any atom is -0.148 e. The molecule has 0 saturated carbocycles. The maximum absolute atomic E-state index is 4.25. The van der Waals surface area contributed by atoms with Gasteiger partial charge in [-0.1, -0.05) is 55.0 Å². The molecule has 17 heavy (non-hydrogen) atoms. The van der Waals surface area contributed by atoms with Gasteiger partial charge in [0.2, 0.25) is 0 Å². The molecule has 0 aromatic carbocycles. The Morgan fingerprint density at radius 2 is 2.12 bits per heavy atom. The second kappa shape index (κ2) is 6.70. The minimum absolute atomic E-state index is 0.553. The highest BCUT2D eigenvalue weighted by Gasteiger charge is 2.26. The lowest BCUT2D eigenvalue weighted by molar-refractivity contribution is 1.00. The largest absolute Gasteiger partial charge is 0.148 e. The van der Waals surface area contributed by atoms with E-state index in [1.165, 1.54) is 16.7 Å². The lowest BCUT2D eigenvalue weighted by Gasteiger charge is -2.02. The Morgan fingerprint density at radius 1 is 1.41 bits per heavy atom. The SMILES string of the molecule is C=C/C(=C\CC)C1C=C1C/C(C)=C\C=C(/C)S. The molecule has 1 rings (SSSR count). The van der Waals surface area contributed by atoms with E-state index in [2.05, 4.69) is 51.3 Å². The molecule has 0 fully saturated rings. The van der Waals surface area contributed by atoms with Crippen LogP contribution in [0.5, 0.6) is 0 Å². The number of thiol groups is 1. The van der Waals surface area contributed by atoms with E-state index in [0.29, 0.717) is 5.92 Å². The highest BCUT2D eigenvalue weighted by molar-refractivity contribution is 7.84. The lowest BCUT2D eigenvalue weighted by atomic mass is 10.0. The van der Waals surface area contributed by atoms with Gasteiger partial charge in [0.15, 0.2) is 0 Å². The lowest BCUT2D eigenvalue weighted by Crippen LogP contribution is -1.87. The molecule has 0 amide bonds. The Labute approximate surface area is 111 Å². The van der Waals surface area contributed by atoms with E-state index < -0.39 is 0 Å². The fraction of sp³-hybridized carbons (Fsp3) is 0.375. The summed E-state index contributed by atoms with van der Waals surface area (Å²) in [7, 11) is 0. The van der Waals surface area contributed by atoms with Gasteiger partial charge in [-0.25, -0.2) is 0 Å². The highest BCUT2D eigenvalue weighted by atomic mass is 32.1. The van der Waals surface area contributed by atoms with Crippen LogP contribution in [0.4, 0.5) is 0 Å². The summed E-state index contributed by atoms with van der Waals surface area (Å²) in [5.74, 6) is 0.553. The first-order valence-corrected chi connectivity index (χ1v) is 6.59. The van der Waals surface area contributed by atoms with Crippen LogP contribution >= 0.6 is 12.6 Å². The Bertz CT molecular complexity index is 401. The van der Waals surface area contributed by atoms with Crippen LogP contribution in [0.2, 0.25) is 0 Å². The van der Waals surface area contributed by atoms with E-state index in [-0.39, 0.29) is 0 Å². The van der Waals surface area contributed by atoms with Crippen molar-refractivity contribution in [2.24, 2.45) is 5.92 Å². The molecule has 1 atom stereocenters. The molecule has 1 aliphatic carbocycles. The highest BCUT2D eigenvalue weighted by Crippen LogP contribution is 2.40. The summed E-state index contributed by atoms with van der Waals surface area (Å²) in [6.45, 7) is 10.2. The zero-order valence-electron chi connectivity index (χ0n) is 11.0. The van der Waals surface area contributed by atoms with Gasteiger partial charge in [-0.15, -0.1) is 12.6 Å². The monoisotopic (exact) mass is 246 g/mol. The second-order valence-corrected chi connectivity index (χ2v) is 5.24. The van der Waals surface area contributed by atoms with Gasteiger partial charge in [0, 0.05) is 5.92 Å². The molecule has 0 aliphatic heterocycles. The van der Waals surface area contributed by atoms with Gasteiger partial charge >= 0.3 is 0 Å². The summed E-state index contributed by atoms with van der Waals surface area (Å²) in [5.41, 5.74) is 4.26. The topological polar surface area (TPSA) is 0 Å². The van der Waals surface area contributed by atoms with Crippen molar-refractivity contribution < 1.29 is 0 Å². The van der Waals surface area contributed by atoms with Crippen molar-refractivity contribution in [2.45, 2.75) is 33.6 Å². The van der Waals surface area contributed by atoms with E-state index >= 15 is 0 Å². The minimum atomic E-state index is 0.553. The van der Waals surface area contributed by atoms with Crippen molar-refractivity contribution in [3.8, 4) is 0 Å². The van der Waals surface area contributed by atoms with Crippen LogP contribution in [-0.4, -0.2) is 0 Å². The first-order valence-electron chi connectivity index (χ1n) is 6.14. The van der Waals surface area contributed by atoms with Gasteiger partial charge in [0.25, 0.3) is 0 Å². The zero-order valence-corrected chi connectivity index (χ0v) is 11.9. The zero-order chi connectivity index (χ0) is 12.8. The van der Waals surface area contributed by atoms with Crippen molar-refractivity contribution >= 4 is 12.6 Å².